The molecular formula is C8H15N3O2S. The Hall–Kier alpha value is -1.17. The van der Waals surface area contributed by atoms with Crippen LogP contribution >= 0.6 is 12.2 Å². The van der Waals surface area contributed by atoms with Crippen LogP contribution in [-0.2, 0) is 9.59 Å². The van der Waals surface area contributed by atoms with Crippen molar-refractivity contribution in [2.24, 2.45) is 11.7 Å². The third-order valence-electron chi connectivity index (χ3n) is 1.30. The molecule has 4 N–H and O–H groups in total. The van der Waals surface area contributed by atoms with Crippen LogP contribution in [0.15, 0.2) is 0 Å². The van der Waals surface area contributed by atoms with E-state index in [1.165, 1.54) is 0 Å². The molecule has 0 aliphatic heterocycles. The number of hydrogen-bond donors (Lipinski definition) is 3. The number of nitrogens with two attached hydrogens (primary N) is 1. The lowest BCUT2D eigenvalue weighted by Crippen LogP contribution is -2.43. The van der Waals surface area contributed by atoms with Gasteiger partial charge in [-0.05, 0) is 5.92 Å². The van der Waals surface area contributed by atoms with Gasteiger partial charge in [0.1, 0.15) is 0 Å². The number of nitrogens with one attached hydrogen (secondary N) is 2. The van der Waals surface area contributed by atoms with E-state index in [-0.39, 0.29) is 11.5 Å². The van der Waals surface area contributed by atoms with Crippen molar-refractivity contribution in [1.82, 2.24) is 10.6 Å². The Balaban J connectivity index is 3.77. The lowest BCUT2D eigenvalue weighted by Gasteiger charge is -2.07. The fourth-order valence-electron chi connectivity index (χ4n) is 0.625. The van der Waals surface area contributed by atoms with E-state index in [1.807, 2.05) is 13.8 Å². The van der Waals surface area contributed by atoms with Gasteiger partial charge in [0.05, 0.1) is 11.5 Å². The first-order valence-electron chi connectivity index (χ1n) is 4.27. The minimum atomic E-state index is -0.710. The van der Waals surface area contributed by atoms with Gasteiger partial charge in [-0.2, -0.15) is 0 Å². The molecule has 0 aromatic carbocycles. The summed E-state index contributed by atoms with van der Waals surface area (Å²) in [6, 6.07) is 0. The molecule has 0 atom stereocenters. The van der Waals surface area contributed by atoms with Gasteiger partial charge >= 0.3 is 11.8 Å². The molecule has 0 aromatic heterocycles. The van der Waals surface area contributed by atoms with Crippen LogP contribution in [0.5, 0.6) is 0 Å². The summed E-state index contributed by atoms with van der Waals surface area (Å²) in [5, 5.41) is 4.76. The highest BCUT2D eigenvalue weighted by atomic mass is 32.1. The molecule has 0 bridgehead atoms. The van der Waals surface area contributed by atoms with Gasteiger partial charge in [0, 0.05) is 6.54 Å². The lowest BCUT2D eigenvalue weighted by atomic mass is 10.2. The summed E-state index contributed by atoms with van der Waals surface area (Å²) < 4.78 is 0. The molecule has 0 saturated carbocycles. The second-order valence-corrected chi connectivity index (χ2v) is 3.78. The molecule has 0 unspecified atom stereocenters. The number of amides is 2. The van der Waals surface area contributed by atoms with Crippen molar-refractivity contribution in [3.63, 3.8) is 0 Å². The quantitative estimate of drug-likeness (QED) is 0.423. The molecule has 6 heteroatoms. The summed E-state index contributed by atoms with van der Waals surface area (Å²) in [6.07, 6.45) is 0. The third kappa shape index (κ3) is 6.36. The van der Waals surface area contributed by atoms with Crippen molar-refractivity contribution in [3.05, 3.63) is 0 Å². The number of rotatable bonds is 4. The van der Waals surface area contributed by atoms with Gasteiger partial charge in [0.15, 0.2) is 0 Å². The first-order chi connectivity index (χ1) is 6.43. The largest absolute Gasteiger partial charge is 0.392 e. The highest BCUT2D eigenvalue weighted by Crippen LogP contribution is 1.86. The molecule has 0 aromatic rings. The zero-order chi connectivity index (χ0) is 11.1. The van der Waals surface area contributed by atoms with Gasteiger partial charge < -0.3 is 16.4 Å². The molecule has 5 nitrogen and oxygen atoms in total. The SMILES string of the molecule is CC(C)CNC(=O)C(=O)NCC(N)=S. The van der Waals surface area contributed by atoms with Crippen LogP contribution < -0.4 is 16.4 Å². The van der Waals surface area contributed by atoms with E-state index < -0.39 is 11.8 Å². The first kappa shape index (κ1) is 12.8. The molecule has 0 heterocycles. The van der Waals surface area contributed by atoms with Crippen LogP contribution in [0.2, 0.25) is 0 Å². The van der Waals surface area contributed by atoms with E-state index in [2.05, 4.69) is 22.9 Å². The number of hydrogen-bond acceptors (Lipinski definition) is 3. The third-order valence-corrected chi connectivity index (χ3v) is 1.44. The molecule has 0 aliphatic rings. The van der Waals surface area contributed by atoms with E-state index in [0.717, 1.165) is 0 Å². The number of thiocarbonyl (C=S) groups is 1. The summed E-state index contributed by atoms with van der Waals surface area (Å²) in [5.41, 5.74) is 5.15. The fourth-order valence-corrected chi connectivity index (χ4v) is 0.697. The Kier molecular flexibility index (Phi) is 5.78. The van der Waals surface area contributed by atoms with Crippen molar-refractivity contribution >= 4 is 29.0 Å². The normalized spacial score (nSPS) is 9.64. The maximum Gasteiger partial charge on any atom is 0.309 e. The summed E-state index contributed by atoms with van der Waals surface area (Å²) >= 11 is 4.54. The summed E-state index contributed by atoms with van der Waals surface area (Å²) in [7, 11) is 0. The maximum absolute atomic E-state index is 11.1. The van der Waals surface area contributed by atoms with Crippen LogP contribution in [0.25, 0.3) is 0 Å². The summed E-state index contributed by atoms with van der Waals surface area (Å²) in [4.78, 5) is 22.2. The zero-order valence-corrected chi connectivity index (χ0v) is 9.11. The standard InChI is InChI=1S/C8H15N3O2S/c1-5(2)3-10-7(12)8(13)11-4-6(9)14/h5H,3-4H2,1-2H3,(H2,9,14)(H,10,12)(H,11,13). The molecule has 2 amide bonds. The Morgan fingerprint density at radius 3 is 2.21 bits per heavy atom. The molecule has 80 valence electrons. The average molecular weight is 217 g/mol. The lowest BCUT2D eigenvalue weighted by molar-refractivity contribution is -0.139. The number of carbonyl (C=O) groups is 2. The second-order valence-electron chi connectivity index (χ2n) is 3.25. The second kappa shape index (κ2) is 6.31. The topological polar surface area (TPSA) is 84.2 Å². The van der Waals surface area contributed by atoms with Gasteiger partial charge in [0.25, 0.3) is 0 Å². The van der Waals surface area contributed by atoms with E-state index in [9.17, 15) is 9.59 Å². The van der Waals surface area contributed by atoms with E-state index >= 15 is 0 Å². The van der Waals surface area contributed by atoms with Crippen molar-refractivity contribution in [2.75, 3.05) is 13.1 Å². The molecule has 0 fully saturated rings. The van der Waals surface area contributed by atoms with Gasteiger partial charge in [-0.25, -0.2) is 0 Å². The van der Waals surface area contributed by atoms with Crippen LogP contribution in [0, 0.1) is 5.92 Å². The molecule has 0 aliphatic carbocycles. The van der Waals surface area contributed by atoms with Crippen molar-refractivity contribution in [1.29, 1.82) is 0 Å². The Morgan fingerprint density at radius 1 is 1.29 bits per heavy atom. The van der Waals surface area contributed by atoms with Crippen LogP contribution in [0.3, 0.4) is 0 Å². The Morgan fingerprint density at radius 2 is 1.79 bits per heavy atom. The van der Waals surface area contributed by atoms with Crippen molar-refractivity contribution in [3.8, 4) is 0 Å². The highest BCUT2D eigenvalue weighted by Gasteiger charge is 2.12. The van der Waals surface area contributed by atoms with Crippen molar-refractivity contribution < 1.29 is 9.59 Å². The van der Waals surface area contributed by atoms with Gasteiger partial charge in [-0.15, -0.1) is 0 Å². The van der Waals surface area contributed by atoms with E-state index in [0.29, 0.717) is 12.5 Å². The minimum absolute atomic E-state index is 0.0449. The first-order valence-corrected chi connectivity index (χ1v) is 4.68. The maximum atomic E-state index is 11.1. The van der Waals surface area contributed by atoms with Crippen LogP contribution in [0.1, 0.15) is 13.8 Å². The summed E-state index contributed by atoms with van der Waals surface area (Å²) in [5.74, 6) is -1.06. The predicted molar refractivity (Wildman–Crippen MR) is 57.6 cm³/mol. The molecule has 0 radical (unpaired) electrons. The van der Waals surface area contributed by atoms with Crippen LogP contribution in [-0.4, -0.2) is 29.9 Å². The summed E-state index contributed by atoms with van der Waals surface area (Å²) in [6.45, 7) is 4.39. The van der Waals surface area contributed by atoms with E-state index in [4.69, 9.17) is 5.73 Å². The van der Waals surface area contributed by atoms with E-state index in [1.54, 1.807) is 0 Å². The molecule has 0 spiro atoms. The van der Waals surface area contributed by atoms with Crippen molar-refractivity contribution in [2.45, 2.75) is 13.8 Å². The Labute approximate surface area is 88.4 Å². The van der Waals surface area contributed by atoms with Gasteiger partial charge in [0.2, 0.25) is 0 Å². The molecule has 0 saturated heterocycles. The Bertz CT molecular complexity index is 241. The number of carbonyl (C=O) groups excluding carboxylic acids is 2. The molecule has 0 rings (SSSR count). The average Bonchev–Trinajstić information content (AvgIpc) is 2.09. The fraction of sp³-hybridized carbons (Fsp3) is 0.625. The van der Waals surface area contributed by atoms with Crippen LogP contribution in [0.4, 0.5) is 0 Å². The zero-order valence-electron chi connectivity index (χ0n) is 8.29. The smallest absolute Gasteiger partial charge is 0.309 e. The highest BCUT2D eigenvalue weighted by molar-refractivity contribution is 7.80. The molecular weight excluding hydrogens is 202 g/mol. The minimum Gasteiger partial charge on any atom is -0.392 e. The predicted octanol–water partition coefficient (Wildman–Crippen LogP) is -0.839. The van der Waals surface area contributed by atoms with Gasteiger partial charge in [-0.3, -0.25) is 9.59 Å². The molecule has 14 heavy (non-hydrogen) atoms. The van der Waals surface area contributed by atoms with Gasteiger partial charge in [-0.1, -0.05) is 26.1 Å². The monoisotopic (exact) mass is 217 g/mol.